The molecule has 2 aromatic carbocycles. The number of hydrogen-bond donors (Lipinski definition) is 1. The summed E-state index contributed by atoms with van der Waals surface area (Å²) in [6, 6.07) is 12.5. The van der Waals surface area contributed by atoms with Gasteiger partial charge in [-0.1, -0.05) is 12.1 Å². The van der Waals surface area contributed by atoms with Gasteiger partial charge in [-0.15, -0.1) is 11.3 Å². The van der Waals surface area contributed by atoms with Crippen LogP contribution < -0.4 is 4.74 Å². The summed E-state index contributed by atoms with van der Waals surface area (Å²) in [5.74, 6) is 0.155. The molecule has 23 heavy (non-hydrogen) atoms. The topological polar surface area (TPSA) is 62.7 Å². The molecule has 1 heterocycles. The molecule has 0 unspecified atom stereocenters. The average molecular weight is 328 g/mol. The Bertz CT molecular complexity index is 827. The largest absolute Gasteiger partial charge is 0.507 e. The third-order valence-electron chi connectivity index (χ3n) is 3.49. The van der Waals surface area contributed by atoms with Crippen LogP contribution in [0.25, 0.3) is 10.2 Å². The van der Waals surface area contributed by atoms with Gasteiger partial charge in [0.1, 0.15) is 16.5 Å². The molecule has 3 rings (SSSR count). The van der Waals surface area contributed by atoms with Gasteiger partial charge in [0.2, 0.25) is 0 Å². The Balaban J connectivity index is 1.79. The minimum Gasteiger partial charge on any atom is -0.507 e. The molecule has 1 aromatic heterocycles. The van der Waals surface area contributed by atoms with Crippen LogP contribution in [0, 0.1) is 0 Å². The van der Waals surface area contributed by atoms with E-state index in [1.54, 1.807) is 35.4 Å². The SMILES string of the molecule is COc1ccc(C(=O)N(C)Cc2nc3ccccc3s2)c(O)c1. The lowest BCUT2D eigenvalue weighted by atomic mass is 10.1. The fourth-order valence-electron chi connectivity index (χ4n) is 2.29. The van der Waals surface area contributed by atoms with Crippen LogP contribution in [0.3, 0.4) is 0 Å². The Morgan fingerprint density at radius 1 is 1.30 bits per heavy atom. The number of carbonyl (C=O) groups excluding carboxylic acids is 1. The van der Waals surface area contributed by atoms with E-state index < -0.39 is 0 Å². The highest BCUT2D eigenvalue weighted by molar-refractivity contribution is 7.18. The Morgan fingerprint density at radius 3 is 2.78 bits per heavy atom. The van der Waals surface area contributed by atoms with Crippen molar-refractivity contribution in [2.45, 2.75) is 6.54 Å². The third kappa shape index (κ3) is 3.12. The molecule has 0 saturated carbocycles. The molecule has 118 valence electrons. The summed E-state index contributed by atoms with van der Waals surface area (Å²) in [5, 5.41) is 10.8. The van der Waals surface area contributed by atoms with E-state index in [9.17, 15) is 9.90 Å². The van der Waals surface area contributed by atoms with Gasteiger partial charge in [-0.05, 0) is 24.3 Å². The number of methoxy groups -OCH3 is 1. The van der Waals surface area contributed by atoms with Gasteiger partial charge in [0.15, 0.2) is 0 Å². The molecule has 0 aliphatic rings. The van der Waals surface area contributed by atoms with Gasteiger partial charge in [-0.2, -0.15) is 0 Å². The van der Waals surface area contributed by atoms with Gasteiger partial charge < -0.3 is 14.7 Å². The summed E-state index contributed by atoms with van der Waals surface area (Å²) in [6.45, 7) is 0.393. The van der Waals surface area contributed by atoms with Crippen LogP contribution in [0.1, 0.15) is 15.4 Å². The van der Waals surface area contributed by atoms with Crippen LogP contribution in [0.15, 0.2) is 42.5 Å². The van der Waals surface area contributed by atoms with Crippen LogP contribution in [0.4, 0.5) is 0 Å². The summed E-state index contributed by atoms with van der Waals surface area (Å²) >= 11 is 1.56. The summed E-state index contributed by atoms with van der Waals surface area (Å²) in [6.07, 6.45) is 0. The van der Waals surface area contributed by atoms with Gasteiger partial charge in [0.05, 0.1) is 29.4 Å². The third-order valence-corrected chi connectivity index (χ3v) is 4.51. The van der Waals surface area contributed by atoms with E-state index in [0.717, 1.165) is 15.2 Å². The smallest absolute Gasteiger partial charge is 0.257 e. The molecular formula is C17H16N2O3S. The number of amides is 1. The summed E-state index contributed by atoms with van der Waals surface area (Å²) in [5.41, 5.74) is 1.18. The number of para-hydroxylation sites is 1. The van der Waals surface area contributed by atoms with Crippen molar-refractivity contribution in [1.29, 1.82) is 0 Å². The van der Waals surface area contributed by atoms with Crippen molar-refractivity contribution in [3.63, 3.8) is 0 Å². The first-order chi connectivity index (χ1) is 11.1. The van der Waals surface area contributed by atoms with E-state index in [-0.39, 0.29) is 17.2 Å². The highest BCUT2D eigenvalue weighted by Gasteiger charge is 2.18. The Labute approximate surface area is 137 Å². The van der Waals surface area contributed by atoms with Crippen LogP contribution in [0.2, 0.25) is 0 Å². The number of ether oxygens (including phenoxy) is 1. The van der Waals surface area contributed by atoms with Gasteiger partial charge in [-0.3, -0.25) is 4.79 Å². The van der Waals surface area contributed by atoms with Crippen molar-refractivity contribution >= 4 is 27.5 Å². The molecule has 0 aliphatic heterocycles. The Hall–Kier alpha value is -2.60. The average Bonchev–Trinajstić information content (AvgIpc) is 2.96. The number of benzene rings is 2. The van der Waals surface area contributed by atoms with Gasteiger partial charge in [0, 0.05) is 13.1 Å². The maximum atomic E-state index is 12.5. The molecule has 0 bridgehead atoms. The highest BCUT2D eigenvalue weighted by Crippen LogP contribution is 2.26. The first kappa shape index (κ1) is 15.3. The number of thiazole rings is 1. The Kier molecular flexibility index (Phi) is 4.16. The fraction of sp³-hybridized carbons (Fsp3) is 0.176. The predicted molar refractivity (Wildman–Crippen MR) is 90.1 cm³/mol. The number of nitrogens with zero attached hydrogens (tertiary/aromatic N) is 2. The summed E-state index contributed by atoms with van der Waals surface area (Å²) in [4.78, 5) is 18.5. The van der Waals surface area contributed by atoms with Crippen molar-refractivity contribution < 1.29 is 14.6 Å². The molecule has 5 nitrogen and oxygen atoms in total. The number of hydrogen-bond acceptors (Lipinski definition) is 5. The number of phenolic OH excluding ortho intramolecular Hbond substituents is 1. The van der Waals surface area contributed by atoms with Crippen molar-refractivity contribution in [3.05, 3.63) is 53.0 Å². The minimum absolute atomic E-state index is 0.0921. The molecular weight excluding hydrogens is 312 g/mol. The van der Waals surface area contributed by atoms with Crippen LogP contribution in [-0.2, 0) is 6.54 Å². The van der Waals surface area contributed by atoms with Gasteiger partial charge in [0.25, 0.3) is 5.91 Å². The van der Waals surface area contributed by atoms with Crippen molar-refractivity contribution in [2.75, 3.05) is 14.2 Å². The van der Waals surface area contributed by atoms with Crippen LogP contribution in [0.5, 0.6) is 11.5 Å². The van der Waals surface area contributed by atoms with Crippen molar-refractivity contribution in [3.8, 4) is 11.5 Å². The standard InChI is InChI=1S/C17H16N2O3S/c1-19(10-16-18-13-5-3-4-6-15(13)23-16)17(21)12-8-7-11(22-2)9-14(12)20/h3-9,20H,10H2,1-2H3. The molecule has 0 fully saturated rings. The number of phenols is 1. The second-order valence-electron chi connectivity index (χ2n) is 5.12. The van der Waals surface area contributed by atoms with Gasteiger partial charge >= 0.3 is 0 Å². The molecule has 0 spiro atoms. The summed E-state index contributed by atoms with van der Waals surface area (Å²) < 4.78 is 6.12. The number of aromatic nitrogens is 1. The maximum Gasteiger partial charge on any atom is 0.257 e. The normalized spacial score (nSPS) is 10.7. The first-order valence-electron chi connectivity index (χ1n) is 7.05. The number of carbonyl (C=O) groups is 1. The first-order valence-corrected chi connectivity index (χ1v) is 7.87. The minimum atomic E-state index is -0.260. The second-order valence-corrected chi connectivity index (χ2v) is 6.23. The van der Waals surface area contributed by atoms with E-state index in [1.165, 1.54) is 13.2 Å². The van der Waals surface area contributed by atoms with E-state index in [1.807, 2.05) is 24.3 Å². The van der Waals surface area contributed by atoms with E-state index >= 15 is 0 Å². The lowest BCUT2D eigenvalue weighted by Gasteiger charge is -2.16. The lowest BCUT2D eigenvalue weighted by molar-refractivity contribution is 0.0782. The van der Waals surface area contributed by atoms with E-state index in [0.29, 0.717) is 12.3 Å². The van der Waals surface area contributed by atoms with Crippen LogP contribution >= 0.6 is 11.3 Å². The molecule has 3 aromatic rings. The van der Waals surface area contributed by atoms with Crippen molar-refractivity contribution in [2.24, 2.45) is 0 Å². The van der Waals surface area contributed by atoms with Gasteiger partial charge in [-0.25, -0.2) is 4.98 Å². The highest BCUT2D eigenvalue weighted by atomic mass is 32.1. The molecule has 0 radical (unpaired) electrons. The zero-order valence-corrected chi connectivity index (χ0v) is 13.6. The lowest BCUT2D eigenvalue weighted by Crippen LogP contribution is -2.26. The molecule has 0 atom stereocenters. The number of fused-ring (bicyclic) bond motifs is 1. The molecule has 1 amide bonds. The zero-order chi connectivity index (χ0) is 16.4. The number of rotatable bonds is 4. The number of aromatic hydroxyl groups is 1. The van der Waals surface area contributed by atoms with E-state index in [4.69, 9.17) is 4.74 Å². The zero-order valence-electron chi connectivity index (χ0n) is 12.8. The molecule has 6 heteroatoms. The van der Waals surface area contributed by atoms with E-state index in [2.05, 4.69) is 4.98 Å². The second kappa shape index (κ2) is 6.26. The predicted octanol–water partition coefficient (Wildman–Crippen LogP) is 3.28. The summed E-state index contributed by atoms with van der Waals surface area (Å²) in [7, 11) is 3.20. The Morgan fingerprint density at radius 2 is 2.09 bits per heavy atom. The van der Waals surface area contributed by atoms with Crippen LogP contribution in [-0.4, -0.2) is 35.1 Å². The monoisotopic (exact) mass is 328 g/mol. The molecule has 1 N–H and O–H groups in total. The van der Waals surface area contributed by atoms with Crippen molar-refractivity contribution in [1.82, 2.24) is 9.88 Å². The fourth-order valence-corrected chi connectivity index (χ4v) is 3.31. The maximum absolute atomic E-state index is 12.5. The molecule has 0 aliphatic carbocycles. The molecule has 0 saturated heterocycles. The quantitative estimate of drug-likeness (QED) is 0.798.